The Morgan fingerprint density at radius 2 is 1.59 bits per heavy atom. The molecule has 0 aliphatic rings. The summed E-state index contributed by atoms with van der Waals surface area (Å²) in [4.78, 5) is 12.0. The van der Waals surface area contributed by atoms with E-state index in [-0.39, 0.29) is 11.3 Å². The largest absolute Gasteiger partial charge is 0.296 e. The van der Waals surface area contributed by atoms with Gasteiger partial charge in [0.15, 0.2) is 11.6 Å². The highest BCUT2D eigenvalue weighted by atomic mass is 32.2. The van der Waals surface area contributed by atoms with Gasteiger partial charge in [0.25, 0.3) is 15.9 Å². The standard InChI is InChI=1S/C21H14F2N4O3S2/c22-17-11-10-16(12-18(17)23)32(29,30)27-15-8-6-13(7-9-15)19(28)24-21-26-25-20(31-21)14-4-2-1-3-5-14/h1-12,27H,(H,24,26,28). The first kappa shape index (κ1) is 21.5. The predicted octanol–water partition coefficient (Wildman–Crippen LogP) is 4.54. The molecule has 0 bridgehead atoms. The smallest absolute Gasteiger partial charge is 0.261 e. The van der Waals surface area contributed by atoms with Crippen molar-refractivity contribution in [1.82, 2.24) is 10.2 Å². The fraction of sp³-hybridized carbons (Fsp3) is 0. The van der Waals surface area contributed by atoms with Crippen LogP contribution in [-0.2, 0) is 10.0 Å². The topological polar surface area (TPSA) is 101 Å². The Kier molecular flexibility index (Phi) is 5.93. The van der Waals surface area contributed by atoms with Gasteiger partial charge in [-0.15, -0.1) is 10.2 Å². The number of halogens is 2. The SMILES string of the molecule is O=C(Nc1nnc(-c2ccccc2)s1)c1ccc(NS(=O)(=O)c2ccc(F)c(F)c2)cc1. The summed E-state index contributed by atoms with van der Waals surface area (Å²) in [6.45, 7) is 0. The van der Waals surface area contributed by atoms with E-state index in [0.717, 1.165) is 17.7 Å². The van der Waals surface area contributed by atoms with Gasteiger partial charge in [0.2, 0.25) is 5.13 Å². The average molecular weight is 472 g/mol. The molecule has 0 aliphatic heterocycles. The summed E-state index contributed by atoms with van der Waals surface area (Å²) in [7, 11) is -4.13. The molecule has 32 heavy (non-hydrogen) atoms. The second-order valence-corrected chi connectivity index (χ2v) is 9.15. The van der Waals surface area contributed by atoms with Gasteiger partial charge in [-0.25, -0.2) is 17.2 Å². The maximum absolute atomic E-state index is 13.3. The van der Waals surface area contributed by atoms with Crippen LogP contribution in [0.15, 0.2) is 77.7 Å². The van der Waals surface area contributed by atoms with E-state index in [9.17, 15) is 22.0 Å². The molecule has 11 heteroatoms. The number of carbonyl (C=O) groups excluding carboxylic acids is 1. The van der Waals surface area contributed by atoms with Crippen molar-refractivity contribution in [3.63, 3.8) is 0 Å². The van der Waals surface area contributed by atoms with Crippen LogP contribution in [0.5, 0.6) is 0 Å². The van der Waals surface area contributed by atoms with Crippen LogP contribution < -0.4 is 10.0 Å². The monoisotopic (exact) mass is 472 g/mol. The van der Waals surface area contributed by atoms with Gasteiger partial charge in [0.05, 0.1) is 4.90 Å². The van der Waals surface area contributed by atoms with E-state index in [0.29, 0.717) is 16.2 Å². The number of nitrogens with zero attached hydrogens (tertiary/aromatic N) is 2. The third-order valence-electron chi connectivity index (χ3n) is 4.27. The quantitative estimate of drug-likeness (QED) is 0.429. The van der Waals surface area contributed by atoms with Gasteiger partial charge in [0, 0.05) is 16.8 Å². The molecule has 1 amide bonds. The minimum atomic E-state index is -4.13. The number of anilines is 2. The number of aromatic nitrogens is 2. The Bertz CT molecular complexity index is 1380. The summed E-state index contributed by atoms with van der Waals surface area (Å²) in [5, 5.41) is 11.6. The molecule has 3 aromatic carbocycles. The van der Waals surface area contributed by atoms with Crippen molar-refractivity contribution < 1.29 is 22.0 Å². The van der Waals surface area contributed by atoms with Crippen LogP contribution in [0.2, 0.25) is 0 Å². The van der Waals surface area contributed by atoms with E-state index in [2.05, 4.69) is 20.2 Å². The van der Waals surface area contributed by atoms with Crippen molar-refractivity contribution in [2.24, 2.45) is 0 Å². The maximum atomic E-state index is 13.3. The minimum Gasteiger partial charge on any atom is -0.296 e. The van der Waals surface area contributed by atoms with Crippen LogP contribution in [0.1, 0.15) is 10.4 Å². The summed E-state index contributed by atoms with van der Waals surface area (Å²) in [5.74, 6) is -2.87. The number of hydrogen-bond donors (Lipinski definition) is 2. The molecule has 1 heterocycles. The van der Waals surface area contributed by atoms with Crippen LogP contribution in [0.4, 0.5) is 19.6 Å². The van der Waals surface area contributed by atoms with Crippen LogP contribution in [0, 0.1) is 11.6 Å². The first-order valence-corrected chi connectivity index (χ1v) is 11.4. The molecule has 0 atom stereocenters. The van der Waals surface area contributed by atoms with E-state index in [1.807, 2.05) is 30.3 Å². The molecule has 0 aliphatic carbocycles. The van der Waals surface area contributed by atoms with Crippen LogP contribution in [-0.4, -0.2) is 24.5 Å². The molecule has 0 saturated carbocycles. The second-order valence-electron chi connectivity index (χ2n) is 6.49. The number of benzene rings is 3. The zero-order valence-corrected chi connectivity index (χ0v) is 17.8. The zero-order valence-electron chi connectivity index (χ0n) is 16.1. The fourth-order valence-corrected chi connectivity index (χ4v) is 4.50. The average Bonchev–Trinajstić information content (AvgIpc) is 3.25. The molecule has 0 radical (unpaired) electrons. The highest BCUT2D eigenvalue weighted by molar-refractivity contribution is 7.92. The van der Waals surface area contributed by atoms with E-state index in [4.69, 9.17) is 0 Å². The number of sulfonamides is 1. The van der Waals surface area contributed by atoms with Crippen LogP contribution in [0.3, 0.4) is 0 Å². The third-order valence-corrected chi connectivity index (χ3v) is 6.53. The first-order valence-electron chi connectivity index (χ1n) is 9.10. The van der Waals surface area contributed by atoms with Crippen molar-refractivity contribution >= 4 is 38.1 Å². The van der Waals surface area contributed by atoms with Gasteiger partial charge in [-0.2, -0.15) is 0 Å². The number of rotatable bonds is 6. The van der Waals surface area contributed by atoms with Crippen molar-refractivity contribution in [2.75, 3.05) is 10.0 Å². The molecular weight excluding hydrogens is 458 g/mol. The molecule has 2 N–H and O–H groups in total. The Balaban J connectivity index is 1.44. The number of nitrogens with one attached hydrogen (secondary N) is 2. The molecular formula is C21H14F2N4O3S2. The van der Waals surface area contributed by atoms with Gasteiger partial charge in [0.1, 0.15) is 5.01 Å². The van der Waals surface area contributed by atoms with Crippen molar-refractivity contribution in [3.8, 4) is 10.6 Å². The van der Waals surface area contributed by atoms with Gasteiger partial charge in [-0.3, -0.25) is 14.8 Å². The normalized spacial score (nSPS) is 11.2. The summed E-state index contributed by atoms with van der Waals surface area (Å²) in [5.41, 5.74) is 1.29. The van der Waals surface area contributed by atoms with E-state index < -0.39 is 32.5 Å². The van der Waals surface area contributed by atoms with Gasteiger partial charge in [-0.1, -0.05) is 41.7 Å². The van der Waals surface area contributed by atoms with Crippen LogP contribution in [0.25, 0.3) is 10.6 Å². The van der Waals surface area contributed by atoms with E-state index in [1.54, 1.807) is 0 Å². The second kappa shape index (κ2) is 8.81. The highest BCUT2D eigenvalue weighted by Crippen LogP contribution is 2.26. The fourth-order valence-electron chi connectivity index (χ4n) is 2.69. The summed E-state index contributed by atoms with van der Waals surface area (Å²) in [6.07, 6.45) is 0. The Morgan fingerprint density at radius 3 is 2.28 bits per heavy atom. The molecule has 0 unspecified atom stereocenters. The highest BCUT2D eigenvalue weighted by Gasteiger charge is 2.17. The maximum Gasteiger partial charge on any atom is 0.261 e. The molecule has 0 spiro atoms. The molecule has 4 aromatic rings. The van der Waals surface area contributed by atoms with Gasteiger partial charge >= 0.3 is 0 Å². The lowest BCUT2D eigenvalue weighted by Gasteiger charge is -2.09. The molecule has 7 nitrogen and oxygen atoms in total. The Morgan fingerprint density at radius 1 is 0.875 bits per heavy atom. The molecule has 0 saturated heterocycles. The zero-order chi connectivity index (χ0) is 22.7. The lowest BCUT2D eigenvalue weighted by atomic mass is 10.2. The van der Waals surface area contributed by atoms with Gasteiger partial charge in [-0.05, 0) is 42.5 Å². The van der Waals surface area contributed by atoms with Crippen molar-refractivity contribution in [3.05, 3.63) is 90.0 Å². The Labute approximate surface area is 185 Å². The molecule has 4 rings (SSSR count). The lowest BCUT2D eigenvalue weighted by molar-refractivity contribution is 0.102. The molecule has 1 aromatic heterocycles. The van der Waals surface area contributed by atoms with Gasteiger partial charge < -0.3 is 0 Å². The van der Waals surface area contributed by atoms with Crippen molar-refractivity contribution in [2.45, 2.75) is 4.90 Å². The molecule has 162 valence electrons. The first-order chi connectivity index (χ1) is 15.3. The summed E-state index contributed by atoms with van der Waals surface area (Å²) >= 11 is 1.22. The summed E-state index contributed by atoms with van der Waals surface area (Å²) < 4.78 is 53.3. The number of amides is 1. The third kappa shape index (κ3) is 4.79. The number of hydrogen-bond acceptors (Lipinski definition) is 6. The molecule has 0 fully saturated rings. The summed E-state index contributed by atoms with van der Waals surface area (Å²) in [6, 6.07) is 17.2. The van der Waals surface area contributed by atoms with E-state index in [1.165, 1.54) is 35.6 Å². The van der Waals surface area contributed by atoms with E-state index >= 15 is 0 Å². The predicted molar refractivity (Wildman–Crippen MR) is 117 cm³/mol. The van der Waals surface area contributed by atoms with Crippen molar-refractivity contribution in [1.29, 1.82) is 0 Å². The number of carbonyl (C=O) groups is 1. The van der Waals surface area contributed by atoms with Crippen LogP contribution >= 0.6 is 11.3 Å². The lowest BCUT2D eigenvalue weighted by Crippen LogP contribution is -2.14. The Hall–Kier alpha value is -3.70. The minimum absolute atomic E-state index is 0.147.